The van der Waals surface area contributed by atoms with Crippen LogP contribution in [-0.4, -0.2) is 15.0 Å². The summed E-state index contributed by atoms with van der Waals surface area (Å²) in [4.78, 5) is 14.9. The van der Waals surface area contributed by atoms with Gasteiger partial charge in [0.05, 0.1) is 5.56 Å². The Labute approximate surface area is 236 Å². The van der Waals surface area contributed by atoms with Gasteiger partial charge in [0.25, 0.3) is 0 Å². The summed E-state index contributed by atoms with van der Waals surface area (Å²) in [7, 11) is 0. The van der Waals surface area contributed by atoms with Crippen LogP contribution < -0.4 is 0 Å². The molecule has 3 aromatic carbocycles. The highest BCUT2D eigenvalue weighted by atomic mass is 15.0. The van der Waals surface area contributed by atoms with E-state index in [4.69, 9.17) is 15.0 Å². The number of allylic oxidation sites excluding steroid dienone is 10. The molecule has 2 bridgehead atoms. The molecule has 192 valence electrons. The third-order valence-corrected chi connectivity index (χ3v) is 7.86. The second-order valence-corrected chi connectivity index (χ2v) is 10.7. The Morgan fingerprint density at radius 3 is 2.33 bits per heavy atom. The summed E-state index contributed by atoms with van der Waals surface area (Å²) in [6.07, 6.45) is 18.7. The maximum atomic E-state index is 5.05. The molecule has 3 nitrogen and oxygen atoms in total. The molecule has 7 rings (SSSR count). The van der Waals surface area contributed by atoms with E-state index in [1.807, 2.05) is 18.2 Å². The molecular weight excluding hydrogens is 486 g/mol. The summed E-state index contributed by atoms with van der Waals surface area (Å²) in [5.74, 6) is 2.59. The Balaban J connectivity index is 1.41. The molecule has 0 saturated heterocycles. The van der Waals surface area contributed by atoms with Crippen LogP contribution in [-0.2, 0) is 0 Å². The lowest BCUT2D eigenvalue weighted by Crippen LogP contribution is -2.06. The smallest absolute Gasteiger partial charge is 0.172 e. The first-order chi connectivity index (χ1) is 19.7. The molecule has 2 atom stereocenters. The molecule has 0 amide bonds. The van der Waals surface area contributed by atoms with Crippen molar-refractivity contribution in [2.24, 2.45) is 5.92 Å². The first-order valence-corrected chi connectivity index (χ1v) is 14.0. The Morgan fingerprint density at radius 2 is 1.52 bits per heavy atom. The molecular formula is C37H29N3. The van der Waals surface area contributed by atoms with Crippen LogP contribution >= 0.6 is 0 Å². The zero-order valence-corrected chi connectivity index (χ0v) is 22.5. The van der Waals surface area contributed by atoms with Crippen LogP contribution in [0.15, 0.2) is 109 Å². The Kier molecular flexibility index (Phi) is 6.30. The maximum absolute atomic E-state index is 5.05. The van der Waals surface area contributed by atoms with Gasteiger partial charge in [-0.1, -0.05) is 116 Å². The fourth-order valence-corrected chi connectivity index (χ4v) is 5.76. The summed E-state index contributed by atoms with van der Waals surface area (Å²) in [6, 6.07) is 29.6. The lowest BCUT2D eigenvalue weighted by Gasteiger charge is -2.15. The van der Waals surface area contributed by atoms with Crippen molar-refractivity contribution in [1.82, 2.24) is 15.0 Å². The molecule has 3 aliphatic rings. The molecule has 40 heavy (non-hydrogen) atoms. The molecule has 2 unspecified atom stereocenters. The molecule has 3 aliphatic carbocycles. The molecule has 0 spiro atoms. The van der Waals surface area contributed by atoms with Gasteiger partial charge in [0.2, 0.25) is 0 Å². The Morgan fingerprint density at radius 1 is 0.750 bits per heavy atom. The van der Waals surface area contributed by atoms with Crippen molar-refractivity contribution >= 4 is 16.7 Å². The van der Waals surface area contributed by atoms with E-state index in [-0.39, 0.29) is 5.92 Å². The van der Waals surface area contributed by atoms with E-state index >= 15 is 0 Å². The van der Waals surface area contributed by atoms with Crippen molar-refractivity contribution in [3.05, 3.63) is 144 Å². The van der Waals surface area contributed by atoms with E-state index in [1.54, 1.807) is 0 Å². The molecule has 0 N–H and O–H groups in total. The minimum absolute atomic E-state index is 0.0891. The van der Waals surface area contributed by atoms with E-state index in [1.165, 1.54) is 27.8 Å². The summed E-state index contributed by atoms with van der Waals surface area (Å²) >= 11 is 0. The highest BCUT2D eigenvalue weighted by molar-refractivity contribution is 5.87. The predicted molar refractivity (Wildman–Crippen MR) is 163 cm³/mol. The third-order valence-electron chi connectivity index (χ3n) is 7.86. The summed E-state index contributed by atoms with van der Waals surface area (Å²) in [5, 5.41) is 0. The molecule has 0 radical (unpaired) electrons. The number of fused-ring (bicyclic) bond motifs is 6. The first kappa shape index (κ1) is 24.2. The topological polar surface area (TPSA) is 38.7 Å². The van der Waals surface area contributed by atoms with Gasteiger partial charge < -0.3 is 0 Å². The van der Waals surface area contributed by atoms with E-state index in [9.17, 15) is 0 Å². The minimum atomic E-state index is 0.0891. The monoisotopic (exact) mass is 515 g/mol. The van der Waals surface area contributed by atoms with Crippen LogP contribution in [0.25, 0.3) is 39.2 Å². The van der Waals surface area contributed by atoms with Crippen molar-refractivity contribution < 1.29 is 0 Å². The fourth-order valence-electron chi connectivity index (χ4n) is 5.76. The molecule has 0 fully saturated rings. The van der Waals surface area contributed by atoms with E-state index in [2.05, 4.69) is 110 Å². The lowest BCUT2D eigenvalue weighted by atomic mass is 9.90. The Hall–Kier alpha value is -4.81. The summed E-state index contributed by atoms with van der Waals surface area (Å²) in [5.41, 5.74) is 9.45. The van der Waals surface area contributed by atoms with Gasteiger partial charge in [-0.25, -0.2) is 15.0 Å². The summed E-state index contributed by atoms with van der Waals surface area (Å²) < 4.78 is 0. The van der Waals surface area contributed by atoms with Gasteiger partial charge in [0, 0.05) is 17.1 Å². The number of hydrogen-bond acceptors (Lipinski definition) is 3. The maximum Gasteiger partial charge on any atom is 0.172 e. The SMILES string of the molecule is CC1C=CC(c2nc(C3=C\C4C=C(CC\C=C\3)c3ccccc3-c3ccccc34)nc(-c3c#cccc3)n2)=CC1. The average Bonchev–Trinajstić information content (AvgIpc) is 3.06. The van der Waals surface area contributed by atoms with Gasteiger partial charge in [0.15, 0.2) is 17.5 Å². The van der Waals surface area contributed by atoms with Gasteiger partial charge >= 0.3 is 0 Å². The minimum Gasteiger partial charge on any atom is -0.208 e. The van der Waals surface area contributed by atoms with Gasteiger partial charge in [-0.2, -0.15) is 0 Å². The molecule has 0 saturated carbocycles. The normalized spacial score (nSPS) is 21.5. The van der Waals surface area contributed by atoms with Crippen LogP contribution in [0.3, 0.4) is 0 Å². The van der Waals surface area contributed by atoms with Gasteiger partial charge in [0.1, 0.15) is 0 Å². The van der Waals surface area contributed by atoms with Crippen LogP contribution in [0.2, 0.25) is 0 Å². The molecule has 0 aliphatic heterocycles. The van der Waals surface area contributed by atoms with Crippen molar-refractivity contribution in [3.8, 4) is 22.5 Å². The second kappa shape index (κ2) is 10.4. The zero-order chi connectivity index (χ0) is 26.9. The number of nitrogens with zero attached hydrogens (tertiary/aromatic N) is 3. The number of rotatable bonds is 3. The van der Waals surface area contributed by atoms with Crippen molar-refractivity contribution in [2.45, 2.75) is 32.1 Å². The first-order valence-electron chi connectivity index (χ1n) is 14.0. The predicted octanol–water partition coefficient (Wildman–Crippen LogP) is 8.70. The Bertz CT molecular complexity index is 1740. The number of benzene rings is 2. The highest BCUT2D eigenvalue weighted by Gasteiger charge is 2.23. The second-order valence-electron chi connectivity index (χ2n) is 10.7. The molecule has 1 aromatic heterocycles. The molecule has 4 aromatic rings. The quantitative estimate of drug-likeness (QED) is 0.274. The largest absolute Gasteiger partial charge is 0.208 e. The fraction of sp³-hybridized carbons (Fsp3) is 0.162. The van der Waals surface area contributed by atoms with Crippen LogP contribution in [0.1, 0.15) is 54.9 Å². The van der Waals surface area contributed by atoms with Crippen LogP contribution in [0.5, 0.6) is 0 Å². The molecule has 1 heterocycles. The highest BCUT2D eigenvalue weighted by Crippen LogP contribution is 2.43. The van der Waals surface area contributed by atoms with Crippen molar-refractivity contribution in [2.75, 3.05) is 0 Å². The van der Waals surface area contributed by atoms with E-state index in [0.717, 1.165) is 36.0 Å². The lowest BCUT2D eigenvalue weighted by molar-refractivity contribution is 0.738. The van der Waals surface area contributed by atoms with Gasteiger partial charge in [-0.15, -0.1) is 0 Å². The van der Waals surface area contributed by atoms with Crippen molar-refractivity contribution in [1.29, 1.82) is 0 Å². The standard InChI is InChI=1S/C37H29N3/c1-25-19-21-27(22-20-25)36-38-35(26-11-3-2-4-12-26)39-37(40-36)29-14-6-5-13-28-23-30(24-29)32-16-8-10-18-34(32)33-17-9-7-15-31(28)33/h2-3,6-11,14-19,21-25,30H,5,13,20H2,1H3/b14-6+,29-24-. The zero-order valence-electron chi connectivity index (χ0n) is 22.5. The summed E-state index contributed by atoms with van der Waals surface area (Å²) in [6.45, 7) is 2.22. The van der Waals surface area contributed by atoms with Crippen LogP contribution in [0.4, 0.5) is 0 Å². The molecule has 3 heteroatoms. The van der Waals surface area contributed by atoms with E-state index < -0.39 is 0 Å². The number of aromatic nitrogens is 3. The van der Waals surface area contributed by atoms with Crippen molar-refractivity contribution in [3.63, 3.8) is 0 Å². The number of hydrogen-bond donors (Lipinski definition) is 0. The van der Waals surface area contributed by atoms with Gasteiger partial charge in [-0.05, 0) is 65.1 Å². The van der Waals surface area contributed by atoms with Crippen LogP contribution in [0, 0.1) is 18.1 Å². The van der Waals surface area contributed by atoms with E-state index in [0.29, 0.717) is 23.4 Å². The third kappa shape index (κ3) is 4.63. The average molecular weight is 516 g/mol. The van der Waals surface area contributed by atoms with Gasteiger partial charge in [-0.3, -0.25) is 0 Å².